The minimum absolute atomic E-state index is 0.0234. The summed E-state index contributed by atoms with van der Waals surface area (Å²) in [7, 11) is 1.36. The minimum Gasteiger partial charge on any atom is -0.468 e. The monoisotopic (exact) mass is 281 g/mol. The molecule has 3 heteroatoms. The van der Waals surface area contributed by atoms with Crippen molar-refractivity contribution in [1.29, 1.82) is 0 Å². The predicted molar refractivity (Wildman–Crippen MR) is 86.7 cm³/mol. The van der Waals surface area contributed by atoms with Crippen LogP contribution in [0.3, 0.4) is 0 Å². The van der Waals surface area contributed by atoms with Crippen molar-refractivity contribution in [3.63, 3.8) is 0 Å². The SMILES string of the molecule is C=C.COC(=O)CN=C(c1ccccc1)c1ccccc1. The Morgan fingerprint density at radius 1 is 0.952 bits per heavy atom. The van der Waals surface area contributed by atoms with Gasteiger partial charge in [-0.05, 0) is 0 Å². The second-order valence-corrected chi connectivity index (χ2v) is 3.97. The molecule has 0 amide bonds. The number of nitrogens with zero attached hydrogens (tertiary/aromatic N) is 1. The van der Waals surface area contributed by atoms with Crippen LogP contribution in [0.1, 0.15) is 11.1 Å². The quantitative estimate of drug-likeness (QED) is 0.489. The maximum absolute atomic E-state index is 11.2. The Balaban J connectivity index is 0.00000106. The molecule has 108 valence electrons. The number of carbonyl (C=O) groups is 1. The third kappa shape index (κ3) is 5.07. The highest BCUT2D eigenvalue weighted by Crippen LogP contribution is 2.10. The molecule has 2 aromatic carbocycles. The molecule has 0 aliphatic heterocycles. The number of hydrogen-bond donors (Lipinski definition) is 0. The van der Waals surface area contributed by atoms with Gasteiger partial charge in [-0.15, -0.1) is 13.2 Å². The number of aliphatic imine (C=N–C) groups is 1. The lowest BCUT2D eigenvalue weighted by molar-refractivity contribution is -0.138. The van der Waals surface area contributed by atoms with Gasteiger partial charge >= 0.3 is 5.97 Å². The van der Waals surface area contributed by atoms with Crippen LogP contribution in [0, 0.1) is 0 Å². The van der Waals surface area contributed by atoms with Gasteiger partial charge < -0.3 is 4.74 Å². The predicted octanol–water partition coefficient (Wildman–Crippen LogP) is 3.50. The summed E-state index contributed by atoms with van der Waals surface area (Å²) in [5.41, 5.74) is 2.77. The Bertz CT molecular complexity index is 535. The summed E-state index contributed by atoms with van der Waals surface area (Å²) in [5, 5.41) is 0. The van der Waals surface area contributed by atoms with Crippen molar-refractivity contribution in [2.24, 2.45) is 4.99 Å². The fraction of sp³-hybridized carbons (Fsp3) is 0.111. The molecule has 2 rings (SSSR count). The summed E-state index contributed by atoms with van der Waals surface area (Å²) >= 11 is 0. The summed E-state index contributed by atoms with van der Waals surface area (Å²) in [4.78, 5) is 15.6. The smallest absolute Gasteiger partial charge is 0.327 e. The van der Waals surface area contributed by atoms with Gasteiger partial charge in [-0.1, -0.05) is 60.7 Å². The van der Waals surface area contributed by atoms with Crippen LogP contribution in [-0.4, -0.2) is 25.3 Å². The first-order valence-corrected chi connectivity index (χ1v) is 6.53. The fourth-order valence-corrected chi connectivity index (χ4v) is 1.75. The van der Waals surface area contributed by atoms with Crippen molar-refractivity contribution in [3.05, 3.63) is 84.9 Å². The van der Waals surface area contributed by atoms with Crippen LogP contribution >= 0.6 is 0 Å². The standard InChI is InChI=1S/C16H15NO2.C2H4/c1-19-15(18)12-17-16(13-8-4-2-5-9-13)14-10-6-3-7-11-14;1-2/h2-11H,12H2,1H3;1-2H2. The van der Waals surface area contributed by atoms with E-state index >= 15 is 0 Å². The summed E-state index contributed by atoms with van der Waals surface area (Å²) < 4.78 is 4.63. The van der Waals surface area contributed by atoms with E-state index in [9.17, 15) is 4.79 Å². The van der Waals surface area contributed by atoms with Crippen molar-refractivity contribution in [3.8, 4) is 0 Å². The van der Waals surface area contributed by atoms with Crippen molar-refractivity contribution >= 4 is 11.7 Å². The van der Waals surface area contributed by atoms with E-state index in [-0.39, 0.29) is 12.5 Å². The molecule has 0 N–H and O–H groups in total. The summed E-state index contributed by atoms with van der Waals surface area (Å²) in [6, 6.07) is 19.6. The molecule has 0 spiro atoms. The summed E-state index contributed by atoms with van der Waals surface area (Å²) in [5.74, 6) is -0.343. The van der Waals surface area contributed by atoms with Gasteiger partial charge in [0.25, 0.3) is 0 Å². The molecule has 0 atom stereocenters. The highest BCUT2D eigenvalue weighted by molar-refractivity contribution is 6.13. The zero-order chi connectivity index (χ0) is 15.5. The second kappa shape index (κ2) is 9.26. The highest BCUT2D eigenvalue weighted by Gasteiger charge is 2.07. The van der Waals surface area contributed by atoms with Gasteiger partial charge in [0.15, 0.2) is 0 Å². The molecule has 0 aliphatic rings. The molecular formula is C18H19NO2. The summed E-state index contributed by atoms with van der Waals surface area (Å²) in [6.45, 7) is 6.02. The van der Waals surface area contributed by atoms with E-state index in [2.05, 4.69) is 22.9 Å². The van der Waals surface area contributed by atoms with Gasteiger partial charge in [-0.3, -0.25) is 9.79 Å². The molecule has 3 nitrogen and oxygen atoms in total. The van der Waals surface area contributed by atoms with E-state index in [1.165, 1.54) is 7.11 Å². The van der Waals surface area contributed by atoms with Crippen LogP contribution < -0.4 is 0 Å². The zero-order valence-corrected chi connectivity index (χ0v) is 12.2. The lowest BCUT2D eigenvalue weighted by atomic mass is 10.0. The molecule has 0 saturated heterocycles. The normalized spacial score (nSPS) is 9.00. The lowest BCUT2D eigenvalue weighted by Gasteiger charge is -2.07. The molecule has 0 aromatic heterocycles. The Kier molecular flexibility index (Phi) is 7.22. The summed E-state index contributed by atoms with van der Waals surface area (Å²) in [6.07, 6.45) is 0. The molecule has 0 aliphatic carbocycles. The second-order valence-electron chi connectivity index (χ2n) is 3.97. The van der Waals surface area contributed by atoms with Gasteiger partial charge in [0.05, 0.1) is 12.8 Å². The van der Waals surface area contributed by atoms with E-state index in [0.717, 1.165) is 16.8 Å². The average molecular weight is 281 g/mol. The lowest BCUT2D eigenvalue weighted by Crippen LogP contribution is -2.10. The average Bonchev–Trinajstić information content (AvgIpc) is 2.58. The van der Waals surface area contributed by atoms with E-state index < -0.39 is 0 Å². The molecule has 0 saturated carbocycles. The van der Waals surface area contributed by atoms with Crippen LogP contribution in [0.4, 0.5) is 0 Å². The van der Waals surface area contributed by atoms with Crippen LogP contribution in [0.5, 0.6) is 0 Å². The largest absolute Gasteiger partial charge is 0.468 e. The van der Waals surface area contributed by atoms with E-state index in [1.54, 1.807) is 0 Å². The number of hydrogen-bond acceptors (Lipinski definition) is 3. The Morgan fingerprint density at radius 3 is 1.76 bits per heavy atom. The van der Waals surface area contributed by atoms with Crippen molar-refractivity contribution in [2.75, 3.05) is 13.7 Å². The van der Waals surface area contributed by atoms with E-state index in [4.69, 9.17) is 0 Å². The number of methoxy groups -OCH3 is 1. The molecule has 0 radical (unpaired) electrons. The molecule has 21 heavy (non-hydrogen) atoms. The first-order chi connectivity index (χ1) is 10.3. The first-order valence-electron chi connectivity index (χ1n) is 6.53. The molecule has 0 bridgehead atoms. The molecular weight excluding hydrogens is 262 g/mol. The first kappa shape index (κ1) is 16.4. The number of ether oxygens (including phenoxy) is 1. The van der Waals surface area contributed by atoms with E-state index in [0.29, 0.717) is 0 Å². The molecule has 0 unspecified atom stereocenters. The van der Waals surface area contributed by atoms with Crippen LogP contribution in [0.15, 0.2) is 78.8 Å². The third-order valence-electron chi connectivity index (χ3n) is 2.69. The minimum atomic E-state index is -0.343. The van der Waals surface area contributed by atoms with Crippen LogP contribution in [0.25, 0.3) is 0 Å². The van der Waals surface area contributed by atoms with Crippen molar-refractivity contribution < 1.29 is 9.53 Å². The molecule has 0 fully saturated rings. The Morgan fingerprint density at radius 2 is 1.38 bits per heavy atom. The molecule has 0 heterocycles. The van der Waals surface area contributed by atoms with Crippen LogP contribution in [0.2, 0.25) is 0 Å². The zero-order valence-electron chi connectivity index (χ0n) is 12.2. The molecule has 2 aromatic rings. The fourth-order valence-electron chi connectivity index (χ4n) is 1.75. The number of rotatable bonds is 4. The Hall–Kier alpha value is -2.68. The van der Waals surface area contributed by atoms with E-state index in [1.807, 2.05) is 60.7 Å². The van der Waals surface area contributed by atoms with Crippen LogP contribution in [-0.2, 0) is 9.53 Å². The van der Waals surface area contributed by atoms with Gasteiger partial charge in [0, 0.05) is 11.1 Å². The van der Waals surface area contributed by atoms with Gasteiger partial charge in [0.1, 0.15) is 6.54 Å². The van der Waals surface area contributed by atoms with Crippen molar-refractivity contribution in [1.82, 2.24) is 0 Å². The van der Waals surface area contributed by atoms with Gasteiger partial charge in [-0.2, -0.15) is 0 Å². The topological polar surface area (TPSA) is 38.7 Å². The van der Waals surface area contributed by atoms with Crippen molar-refractivity contribution in [2.45, 2.75) is 0 Å². The highest BCUT2D eigenvalue weighted by atomic mass is 16.5. The van der Waals surface area contributed by atoms with Gasteiger partial charge in [0.2, 0.25) is 0 Å². The maximum Gasteiger partial charge on any atom is 0.327 e. The van der Waals surface area contributed by atoms with Gasteiger partial charge in [-0.25, -0.2) is 0 Å². The maximum atomic E-state index is 11.2. The number of carbonyl (C=O) groups excluding carboxylic acids is 1. The Labute approximate surface area is 125 Å². The number of benzene rings is 2. The number of esters is 1. The third-order valence-corrected chi connectivity index (χ3v) is 2.69.